The van der Waals surface area contributed by atoms with Crippen LogP contribution in [0.3, 0.4) is 0 Å². The van der Waals surface area contributed by atoms with Gasteiger partial charge in [0.05, 0.1) is 10.6 Å². The first-order chi connectivity index (χ1) is 18.7. The fraction of sp³-hybridized carbons (Fsp3) is 0.333. The molecule has 40 heavy (non-hydrogen) atoms. The number of amides is 2. The number of carbonyl (C=O) groups is 2. The minimum Gasteiger partial charge on any atom is -0.350 e. The Balaban J connectivity index is 2.08. The summed E-state index contributed by atoms with van der Waals surface area (Å²) in [6.07, 6.45) is 0.300. The number of hydrogen-bond acceptors (Lipinski definition) is 4. The highest BCUT2D eigenvalue weighted by atomic mass is 35.5. The second kappa shape index (κ2) is 13.1. The highest BCUT2D eigenvalue weighted by molar-refractivity contribution is 7.92. The molecule has 2 amide bonds. The molecule has 0 spiro atoms. The third-order valence-corrected chi connectivity index (χ3v) is 8.55. The smallest absolute Gasteiger partial charge is 0.264 e. The number of nitrogens with one attached hydrogen (secondary N) is 1. The number of nitrogens with zero attached hydrogens (tertiary/aromatic N) is 2. The summed E-state index contributed by atoms with van der Waals surface area (Å²) in [5.41, 5.74) is 1.31. The van der Waals surface area contributed by atoms with Gasteiger partial charge in [-0.25, -0.2) is 8.42 Å². The van der Waals surface area contributed by atoms with Gasteiger partial charge in [0, 0.05) is 22.1 Å². The van der Waals surface area contributed by atoms with E-state index in [2.05, 4.69) is 5.32 Å². The maximum Gasteiger partial charge on any atom is 0.264 e. The Bertz CT molecular complexity index is 1440. The summed E-state index contributed by atoms with van der Waals surface area (Å²) >= 11 is 12.5. The Morgan fingerprint density at radius 1 is 0.950 bits per heavy atom. The first kappa shape index (κ1) is 31.5. The van der Waals surface area contributed by atoms with Crippen molar-refractivity contribution < 1.29 is 18.0 Å². The normalized spacial score (nSPS) is 12.5. The third-order valence-electron chi connectivity index (χ3n) is 6.17. The summed E-state index contributed by atoms with van der Waals surface area (Å²) in [4.78, 5) is 28.9. The van der Waals surface area contributed by atoms with E-state index >= 15 is 0 Å². The van der Waals surface area contributed by atoms with Gasteiger partial charge in [-0.15, -0.1) is 0 Å². The lowest BCUT2D eigenvalue weighted by Crippen LogP contribution is -2.55. The van der Waals surface area contributed by atoms with Gasteiger partial charge in [0.25, 0.3) is 10.0 Å². The van der Waals surface area contributed by atoms with Gasteiger partial charge in [0.15, 0.2) is 0 Å². The molecule has 0 saturated heterocycles. The van der Waals surface area contributed by atoms with Crippen molar-refractivity contribution in [2.45, 2.75) is 64.1 Å². The second-order valence-electron chi connectivity index (χ2n) is 10.6. The SMILES string of the molecule is CC[C@H](C(=O)NC(C)(C)C)N(Cc1ccc(Cl)cc1Cl)C(=O)CN(c1ccc(C)cc1)S(=O)(=O)c1ccccc1. The van der Waals surface area contributed by atoms with Crippen LogP contribution in [0.25, 0.3) is 0 Å². The molecule has 10 heteroatoms. The number of hydrogen-bond donors (Lipinski definition) is 1. The molecular formula is C30H35Cl2N3O4S. The molecule has 1 N–H and O–H groups in total. The maximum atomic E-state index is 14.1. The molecule has 0 heterocycles. The Morgan fingerprint density at radius 2 is 1.57 bits per heavy atom. The molecule has 0 fully saturated rings. The van der Waals surface area contributed by atoms with Crippen molar-refractivity contribution in [2.75, 3.05) is 10.8 Å². The molecule has 214 valence electrons. The minimum atomic E-state index is -4.12. The molecule has 7 nitrogen and oxygen atoms in total. The van der Waals surface area contributed by atoms with E-state index < -0.39 is 34.1 Å². The highest BCUT2D eigenvalue weighted by Crippen LogP contribution is 2.27. The molecular weight excluding hydrogens is 569 g/mol. The van der Waals surface area contributed by atoms with Crippen LogP contribution in [-0.4, -0.2) is 43.3 Å². The van der Waals surface area contributed by atoms with Crippen LogP contribution in [0.1, 0.15) is 45.2 Å². The molecule has 0 aliphatic carbocycles. The summed E-state index contributed by atoms with van der Waals surface area (Å²) in [7, 11) is -4.12. The number of aryl methyl sites for hydroxylation is 1. The first-order valence-electron chi connectivity index (χ1n) is 12.9. The molecule has 0 radical (unpaired) electrons. The van der Waals surface area contributed by atoms with E-state index in [9.17, 15) is 18.0 Å². The molecule has 1 atom stereocenters. The van der Waals surface area contributed by atoms with Crippen LogP contribution < -0.4 is 9.62 Å². The average Bonchev–Trinajstić information content (AvgIpc) is 2.88. The number of anilines is 1. The van der Waals surface area contributed by atoms with Crippen LogP contribution in [0.4, 0.5) is 5.69 Å². The summed E-state index contributed by atoms with van der Waals surface area (Å²) in [6, 6.07) is 18.9. The van der Waals surface area contributed by atoms with Crippen molar-refractivity contribution in [3.8, 4) is 0 Å². The van der Waals surface area contributed by atoms with Crippen LogP contribution in [0, 0.1) is 6.92 Å². The molecule has 0 aliphatic rings. The molecule has 0 aromatic heterocycles. The molecule has 0 unspecified atom stereocenters. The molecule has 3 rings (SSSR count). The molecule has 3 aromatic rings. The fourth-order valence-electron chi connectivity index (χ4n) is 4.17. The Kier molecular flexibility index (Phi) is 10.3. The standard InChI is InChI=1S/C30H35Cl2N3O4S/c1-6-27(29(37)33-30(3,4)5)34(19-22-14-15-23(31)18-26(22)32)28(36)20-35(24-16-12-21(2)13-17-24)40(38,39)25-10-8-7-9-11-25/h7-18,27H,6,19-20H2,1-5H3,(H,33,37)/t27-/m1/s1. The summed E-state index contributed by atoms with van der Waals surface area (Å²) < 4.78 is 28.7. The number of halogens is 2. The average molecular weight is 605 g/mol. The zero-order valence-electron chi connectivity index (χ0n) is 23.3. The Hall–Kier alpha value is -3.07. The van der Waals surface area contributed by atoms with Crippen molar-refractivity contribution in [1.82, 2.24) is 10.2 Å². The first-order valence-corrected chi connectivity index (χ1v) is 15.1. The van der Waals surface area contributed by atoms with Crippen LogP contribution in [-0.2, 0) is 26.2 Å². The van der Waals surface area contributed by atoms with Crippen LogP contribution >= 0.6 is 23.2 Å². The van der Waals surface area contributed by atoms with E-state index in [1.54, 1.807) is 67.6 Å². The number of sulfonamides is 1. The van der Waals surface area contributed by atoms with Gasteiger partial charge in [-0.05, 0) is 76.1 Å². The minimum absolute atomic E-state index is 0.0158. The van der Waals surface area contributed by atoms with Gasteiger partial charge in [-0.2, -0.15) is 0 Å². The highest BCUT2D eigenvalue weighted by Gasteiger charge is 2.34. The van der Waals surface area contributed by atoms with Gasteiger partial charge in [0.2, 0.25) is 11.8 Å². The predicted molar refractivity (Wildman–Crippen MR) is 161 cm³/mol. The van der Waals surface area contributed by atoms with Crippen molar-refractivity contribution >= 4 is 50.7 Å². The third kappa shape index (κ3) is 7.99. The molecule has 0 aliphatic heterocycles. The van der Waals surface area contributed by atoms with Gasteiger partial charge in [0.1, 0.15) is 12.6 Å². The van der Waals surface area contributed by atoms with Crippen LogP contribution in [0.2, 0.25) is 10.0 Å². The lowest BCUT2D eigenvalue weighted by molar-refractivity contribution is -0.141. The molecule has 0 saturated carbocycles. The van der Waals surface area contributed by atoms with Gasteiger partial charge >= 0.3 is 0 Å². The maximum absolute atomic E-state index is 14.1. The quantitative estimate of drug-likeness (QED) is 0.298. The number of carbonyl (C=O) groups excluding carboxylic acids is 2. The fourth-order valence-corrected chi connectivity index (χ4v) is 6.07. The Morgan fingerprint density at radius 3 is 2.12 bits per heavy atom. The lowest BCUT2D eigenvalue weighted by atomic mass is 10.1. The van der Waals surface area contributed by atoms with Crippen LogP contribution in [0.15, 0.2) is 77.7 Å². The monoisotopic (exact) mass is 603 g/mol. The van der Waals surface area contributed by atoms with Gasteiger partial charge < -0.3 is 10.2 Å². The van der Waals surface area contributed by atoms with Crippen molar-refractivity contribution in [1.29, 1.82) is 0 Å². The van der Waals surface area contributed by atoms with E-state index in [-0.39, 0.29) is 17.3 Å². The second-order valence-corrected chi connectivity index (χ2v) is 13.3. The summed E-state index contributed by atoms with van der Waals surface area (Å²) in [5, 5.41) is 3.71. The predicted octanol–water partition coefficient (Wildman–Crippen LogP) is 6.22. The van der Waals surface area contributed by atoms with E-state index in [0.29, 0.717) is 27.7 Å². The number of benzene rings is 3. The summed E-state index contributed by atoms with van der Waals surface area (Å²) in [5.74, 6) is -0.900. The Labute approximate surface area is 247 Å². The lowest BCUT2D eigenvalue weighted by Gasteiger charge is -2.35. The summed E-state index contributed by atoms with van der Waals surface area (Å²) in [6.45, 7) is 8.71. The van der Waals surface area contributed by atoms with Gasteiger partial charge in [-0.3, -0.25) is 13.9 Å². The van der Waals surface area contributed by atoms with E-state index in [0.717, 1.165) is 9.87 Å². The van der Waals surface area contributed by atoms with E-state index in [1.165, 1.54) is 17.0 Å². The number of rotatable bonds is 10. The van der Waals surface area contributed by atoms with Gasteiger partial charge in [-0.1, -0.05) is 72.1 Å². The molecule has 0 bridgehead atoms. The topological polar surface area (TPSA) is 86.8 Å². The van der Waals surface area contributed by atoms with Crippen molar-refractivity contribution in [3.63, 3.8) is 0 Å². The van der Waals surface area contributed by atoms with E-state index in [1.807, 2.05) is 27.7 Å². The van der Waals surface area contributed by atoms with Crippen LogP contribution in [0.5, 0.6) is 0 Å². The zero-order valence-corrected chi connectivity index (χ0v) is 25.6. The zero-order chi connectivity index (χ0) is 29.7. The van der Waals surface area contributed by atoms with Crippen molar-refractivity contribution in [3.05, 3.63) is 94.0 Å². The largest absolute Gasteiger partial charge is 0.350 e. The van der Waals surface area contributed by atoms with Crippen molar-refractivity contribution in [2.24, 2.45) is 0 Å². The molecule has 3 aromatic carbocycles. The van der Waals surface area contributed by atoms with E-state index in [4.69, 9.17) is 23.2 Å².